The van der Waals surface area contributed by atoms with E-state index in [0.29, 0.717) is 18.5 Å². The van der Waals surface area contributed by atoms with Gasteiger partial charge < -0.3 is 19.9 Å². The van der Waals surface area contributed by atoms with Gasteiger partial charge in [-0.2, -0.15) is 0 Å². The molecule has 0 spiro atoms. The smallest absolute Gasteiger partial charge is 0.192 e. The average molecular weight is 388 g/mol. The summed E-state index contributed by atoms with van der Waals surface area (Å²) in [5.74, 6) is 2.23. The second-order valence-corrected chi connectivity index (χ2v) is 7.27. The van der Waals surface area contributed by atoms with Crippen LogP contribution in [0, 0.1) is 12.7 Å². The molecule has 152 valence electrons. The number of rotatable bonds is 6. The Bertz CT molecular complexity index is 828. The molecule has 1 aliphatic rings. The van der Waals surface area contributed by atoms with Gasteiger partial charge in [-0.05, 0) is 44.4 Å². The number of nitrogens with zero attached hydrogens (tertiary/aromatic N) is 4. The van der Waals surface area contributed by atoms with Gasteiger partial charge in [-0.25, -0.2) is 9.38 Å². The first-order valence-corrected chi connectivity index (χ1v) is 9.73. The number of aliphatic imine (C=N–C) groups is 1. The van der Waals surface area contributed by atoms with Crippen LogP contribution in [0.4, 0.5) is 4.39 Å². The van der Waals surface area contributed by atoms with Crippen LogP contribution < -0.4 is 15.4 Å². The third kappa shape index (κ3) is 4.79. The van der Waals surface area contributed by atoms with Crippen molar-refractivity contribution in [1.29, 1.82) is 0 Å². The number of methoxy groups -OCH3 is 1. The molecule has 28 heavy (non-hydrogen) atoms. The van der Waals surface area contributed by atoms with E-state index in [-0.39, 0.29) is 17.6 Å². The number of hydrogen-bond donors (Lipinski definition) is 2. The number of halogens is 1. The Morgan fingerprint density at radius 3 is 2.71 bits per heavy atom. The molecule has 2 N–H and O–H groups in total. The summed E-state index contributed by atoms with van der Waals surface area (Å²) in [6.07, 6.45) is 4.73. The Morgan fingerprint density at radius 1 is 1.36 bits per heavy atom. The Labute approximate surface area is 165 Å². The van der Waals surface area contributed by atoms with Gasteiger partial charge in [-0.3, -0.25) is 0 Å². The van der Waals surface area contributed by atoms with E-state index in [1.165, 1.54) is 26.0 Å². The highest BCUT2D eigenvalue weighted by molar-refractivity contribution is 5.80. The molecule has 1 atom stereocenters. The Morgan fingerprint density at radius 2 is 2.11 bits per heavy atom. The van der Waals surface area contributed by atoms with Crippen LogP contribution in [0.5, 0.6) is 5.75 Å². The fourth-order valence-electron chi connectivity index (χ4n) is 3.38. The third-order valence-corrected chi connectivity index (χ3v) is 5.29. The normalized spacial score (nSPS) is 16.2. The lowest BCUT2D eigenvalue weighted by Gasteiger charge is -2.22. The summed E-state index contributed by atoms with van der Waals surface area (Å²) in [7, 11) is 3.39. The average Bonchev–Trinajstić information content (AvgIpc) is 3.30. The molecule has 2 aromatic rings. The molecule has 0 bridgehead atoms. The van der Waals surface area contributed by atoms with E-state index in [2.05, 4.69) is 20.8 Å². The van der Waals surface area contributed by atoms with Crippen LogP contribution >= 0.6 is 0 Å². The van der Waals surface area contributed by atoms with E-state index in [1.54, 1.807) is 6.07 Å². The number of hydrogen-bond acceptors (Lipinski definition) is 4. The quantitative estimate of drug-likeness (QED) is 0.588. The third-order valence-electron chi connectivity index (χ3n) is 5.29. The minimum Gasteiger partial charge on any atom is -0.494 e. The second kappa shape index (κ2) is 9.03. The molecule has 1 aromatic carbocycles. The van der Waals surface area contributed by atoms with Gasteiger partial charge in [0.15, 0.2) is 23.4 Å². The molecule has 0 amide bonds. The molecule has 1 heterocycles. The standard InChI is InChI=1S/C20H29FN6O/c1-13(15-9-10-18(28-4)17(21)11-15)23-20(24-16-7-5-6-8-16)22-12-19-26-25-14(2)27(19)3/h9-11,13,16H,5-8,12H2,1-4H3,(H2,22,23,24). The van der Waals surface area contributed by atoms with Crippen LogP contribution in [0.25, 0.3) is 0 Å². The van der Waals surface area contributed by atoms with Crippen molar-refractivity contribution in [3.63, 3.8) is 0 Å². The number of aromatic nitrogens is 3. The predicted molar refractivity (Wildman–Crippen MR) is 107 cm³/mol. The molecule has 8 heteroatoms. The Kier molecular flexibility index (Phi) is 6.49. The molecule has 7 nitrogen and oxygen atoms in total. The lowest BCUT2D eigenvalue weighted by atomic mass is 10.1. The molecule has 1 aliphatic carbocycles. The Hall–Kier alpha value is -2.64. The number of ether oxygens (including phenoxy) is 1. The monoisotopic (exact) mass is 388 g/mol. The van der Waals surface area contributed by atoms with Gasteiger partial charge in [0.2, 0.25) is 0 Å². The molecule has 0 aliphatic heterocycles. The maximum atomic E-state index is 14.1. The minimum atomic E-state index is -0.370. The highest BCUT2D eigenvalue weighted by atomic mass is 19.1. The van der Waals surface area contributed by atoms with Crippen molar-refractivity contribution in [3.05, 3.63) is 41.2 Å². The summed E-state index contributed by atoms with van der Waals surface area (Å²) in [4.78, 5) is 4.71. The largest absolute Gasteiger partial charge is 0.494 e. The maximum absolute atomic E-state index is 14.1. The highest BCUT2D eigenvalue weighted by Gasteiger charge is 2.18. The van der Waals surface area contributed by atoms with Crippen molar-refractivity contribution in [2.75, 3.05) is 7.11 Å². The zero-order chi connectivity index (χ0) is 20.1. The van der Waals surface area contributed by atoms with Gasteiger partial charge in [0.25, 0.3) is 0 Å². The Balaban J connectivity index is 1.74. The summed E-state index contributed by atoms with van der Waals surface area (Å²) < 4.78 is 21.0. The van der Waals surface area contributed by atoms with E-state index in [1.807, 2.05) is 31.5 Å². The van der Waals surface area contributed by atoms with Crippen molar-refractivity contribution in [2.45, 2.75) is 58.2 Å². The van der Waals surface area contributed by atoms with Crippen LogP contribution in [-0.4, -0.2) is 33.9 Å². The van der Waals surface area contributed by atoms with Gasteiger partial charge in [-0.15, -0.1) is 10.2 Å². The molecule has 1 unspecified atom stereocenters. The van der Waals surface area contributed by atoms with Gasteiger partial charge in [0.05, 0.1) is 13.2 Å². The van der Waals surface area contributed by atoms with Gasteiger partial charge in [0.1, 0.15) is 12.4 Å². The molecular formula is C20H29FN6O. The topological polar surface area (TPSA) is 76.4 Å². The molecule has 1 aromatic heterocycles. The van der Waals surface area contributed by atoms with Gasteiger partial charge in [-0.1, -0.05) is 18.9 Å². The number of guanidine groups is 1. The lowest BCUT2D eigenvalue weighted by Crippen LogP contribution is -2.43. The van der Waals surface area contributed by atoms with E-state index in [9.17, 15) is 4.39 Å². The minimum absolute atomic E-state index is 0.116. The summed E-state index contributed by atoms with van der Waals surface area (Å²) in [6.45, 7) is 4.32. The van der Waals surface area contributed by atoms with E-state index >= 15 is 0 Å². The molecule has 3 rings (SSSR count). The summed E-state index contributed by atoms with van der Waals surface area (Å²) in [6, 6.07) is 5.29. The summed E-state index contributed by atoms with van der Waals surface area (Å²) in [5.41, 5.74) is 0.828. The first-order valence-electron chi connectivity index (χ1n) is 9.73. The zero-order valence-corrected chi connectivity index (χ0v) is 17.0. The molecule has 0 radical (unpaired) electrons. The molecular weight excluding hydrogens is 359 g/mol. The highest BCUT2D eigenvalue weighted by Crippen LogP contribution is 2.22. The van der Waals surface area contributed by atoms with Crippen molar-refractivity contribution < 1.29 is 9.13 Å². The first kappa shape index (κ1) is 20.1. The number of nitrogens with one attached hydrogen (secondary N) is 2. The fraction of sp³-hybridized carbons (Fsp3) is 0.550. The lowest BCUT2D eigenvalue weighted by molar-refractivity contribution is 0.386. The van der Waals surface area contributed by atoms with Crippen LogP contribution in [0.2, 0.25) is 0 Å². The van der Waals surface area contributed by atoms with Crippen LogP contribution in [0.15, 0.2) is 23.2 Å². The van der Waals surface area contributed by atoms with Crippen LogP contribution in [0.3, 0.4) is 0 Å². The number of benzene rings is 1. The van der Waals surface area contributed by atoms with Crippen LogP contribution in [-0.2, 0) is 13.6 Å². The van der Waals surface area contributed by atoms with Crippen molar-refractivity contribution in [2.24, 2.45) is 12.0 Å². The van der Waals surface area contributed by atoms with Crippen molar-refractivity contribution >= 4 is 5.96 Å². The summed E-state index contributed by atoms with van der Waals surface area (Å²) >= 11 is 0. The molecule has 0 saturated heterocycles. The number of aryl methyl sites for hydroxylation is 1. The van der Waals surface area contributed by atoms with Crippen molar-refractivity contribution in [1.82, 2.24) is 25.4 Å². The second-order valence-electron chi connectivity index (χ2n) is 7.27. The molecule has 1 fully saturated rings. The first-order chi connectivity index (χ1) is 13.5. The van der Waals surface area contributed by atoms with E-state index < -0.39 is 0 Å². The van der Waals surface area contributed by atoms with Crippen LogP contribution in [0.1, 0.15) is 55.9 Å². The van der Waals surface area contributed by atoms with Gasteiger partial charge in [0, 0.05) is 13.1 Å². The predicted octanol–water partition coefficient (Wildman–Crippen LogP) is 3.01. The maximum Gasteiger partial charge on any atom is 0.192 e. The zero-order valence-electron chi connectivity index (χ0n) is 17.0. The molecule has 1 saturated carbocycles. The van der Waals surface area contributed by atoms with Crippen molar-refractivity contribution in [3.8, 4) is 5.75 Å². The van der Waals surface area contributed by atoms with E-state index in [4.69, 9.17) is 9.73 Å². The van der Waals surface area contributed by atoms with Gasteiger partial charge >= 0.3 is 0 Å². The van der Waals surface area contributed by atoms with E-state index in [0.717, 1.165) is 30.1 Å². The SMILES string of the molecule is COc1ccc(C(C)NC(=NCc2nnc(C)n2C)NC2CCCC2)cc1F. The summed E-state index contributed by atoms with van der Waals surface area (Å²) in [5, 5.41) is 15.2. The fourth-order valence-corrected chi connectivity index (χ4v) is 3.38.